The number of phosphoric acid groups is 2. The van der Waals surface area contributed by atoms with Crippen LogP contribution in [0.3, 0.4) is 0 Å². The Hall–Kier alpha value is -5.32. The molecule has 0 amide bonds. The molecule has 5 atom stereocenters. The number of carbonyl (C=O) groups is 4. The average molecular weight is 1520 g/mol. The lowest BCUT2D eigenvalue weighted by Gasteiger charge is -2.21. The zero-order chi connectivity index (χ0) is 77.4. The van der Waals surface area contributed by atoms with Gasteiger partial charge >= 0.3 is 39.5 Å². The van der Waals surface area contributed by atoms with Gasteiger partial charge in [-0.1, -0.05) is 276 Å². The molecule has 0 aliphatic rings. The Morgan fingerprint density at radius 2 is 0.491 bits per heavy atom. The Labute approximate surface area is 642 Å². The summed E-state index contributed by atoms with van der Waals surface area (Å²) in [6, 6.07) is 0. The number of esters is 4. The first-order valence-electron chi connectivity index (χ1n) is 40.7. The molecule has 0 aromatic rings. The summed E-state index contributed by atoms with van der Waals surface area (Å²) in [6.07, 6.45) is 90.7. The SMILES string of the molecule is CC/C=C\C/C=C\C/C=C\C/C=C\CCCCC(=O)OC(COC(=O)CCCCCCCC/C=C\C/C=C\C/C=C\CCCCC)COP(=O)(O)OCC(O)COP(=O)(O)OCC(COC(=O)CCCCCCCCC/C=C\C/C=C\C/C=C\CC)OC(=O)CCCCCCC/C=C\C/C=C\C/C=C\CC. The van der Waals surface area contributed by atoms with Crippen molar-refractivity contribution in [2.24, 2.45) is 0 Å². The summed E-state index contributed by atoms with van der Waals surface area (Å²) in [4.78, 5) is 73.1. The second-order valence-corrected chi connectivity index (χ2v) is 29.5. The van der Waals surface area contributed by atoms with E-state index in [-0.39, 0.29) is 25.7 Å². The number of ether oxygens (including phenoxy) is 4. The Balaban J connectivity index is 5.43. The lowest BCUT2D eigenvalue weighted by atomic mass is 10.1. The van der Waals surface area contributed by atoms with Crippen LogP contribution >= 0.6 is 15.6 Å². The van der Waals surface area contributed by atoms with Crippen LogP contribution in [0.25, 0.3) is 0 Å². The van der Waals surface area contributed by atoms with E-state index in [9.17, 15) is 43.2 Å². The number of carbonyl (C=O) groups excluding carboxylic acids is 4. The van der Waals surface area contributed by atoms with Crippen LogP contribution in [0.4, 0.5) is 0 Å². The van der Waals surface area contributed by atoms with Gasteiger partial charge in [0.1, 0.15) is 19.3 Å². The van der Waals surface area contributed by atoms with E-state index >= 15 is 0 Å². The van der Waals surface area contributed by atoms with Crippen LogP contribution in [0.2, 0.25) is 0 Å². The summed E-state index contributed by atoms with van der Waals surface area (Å²) in [7, 11) is -10.00. The third kappa shape index (κ3) is 76.9. The van der Waals surface area contributed by atoms with Crippen molar-refractivity contribution < 1.29 is 80.2 Å². The highest BCUT2D eigenvalue weighted by molar-refractivity contribution is 7.47. The fraction of sp³-hybridized carbons (Fsp3) is 0.655. The van der Waals surface area contributed by atoms with Crippen molar-refractivity contribution in [3.05, 3.63) is 158 Å². The lowest BCUT2D eigenvalue weighted by molar-refractivity contribution is -0.161. The predicted octanol–water partition coefficient (Wildman–Crippen LogP) is 24.0. The van der Waals surface area contributed by atoms with Crippen LogP contribution in [0.15, 0.2) is 158 Å². The molecule has 0 aliphatic heterocycles. The van der Waals surface area contributed by atoms with Gasteiger partial charge in [0, 0.05) is 25.7 Å². The van der Waals surface area contributed by atoms with Crippen molar-refractivity contribution in [3.8, 4) is 0 Å². The molecule has 0 aliphatic carbocycles. The molecule has 0 aromatic carbocycles. The van der Waals surface area contributed by atoms with Gasteiger partial charge in [0.2, 0.25) is 0 Å². The minimum atomic E-state index is -5.00. The molecule has 0 heterocycles. The summed E-state index contributed by atoms with van der Waals surface area (Å²) >= 11 is 0. The maximum atomic E-state index is 13.1. The Morgan fingerprint density at radius 3 is 0.774 bits per heavy atom. The molecule has 0 spiro atoms. The molecule has 0 saturated carbocycles. The van der Waals surface area contributed by atoms with Crippen molar-refractivity contribution in [2.75, 3.05) is 39.6 Å². The summed E-state index contributed by atoms with van der Waals surface area (Å²) in [5.41, 5.74) is 0. The largest absolute Gasteiger partial charge is 0.472 e. The van der Waals surface area contributed by atoms with E-state index < -0.39 is 97.5 Å². The standard InChI is InChI=1S/C87H144O17P2/c1-5-9-13-17-21-25-29-33-37-39-40-42-46-48-52-56-60-64-68-72-85(90)98-78-83(104-87(92)74-70-66-62-58-54-50-44-36-32-28-24-20-16-12-8-4)80-102-106(95,96)100-76-81(88)75-99-105(93,94)101-79-82(103-86(91)73-69-65-61-57-53-49-43-35-31-27-23-19-15-11-7-3)77-97-84(89)71-67-63-59-55-51-47-45-41-38-34-30-26-22-18-14-10-6-2/h10-12,14-16,21-28,33-38,40,42-44,54,58,81-83,88H,5-9,13,17-20,29-32,39,41,45-53,55-57,59-80H2,1-4H3,(H,93,94)(H,95,96)/b14-10-,15-11-,16-12-,25-21-,26-22-,27-23-,28-24-,37-33-,38-34-,42-40-,43-35-,44-36-,58-54-. The van der Waals surface area contributed by atoms with Gasteiger partial charge in [-0.05, 0) is 167 Å². The number of aliphatic hydroxyl groups excluding tert-OH is 1. The molecule has 19 heteroatoms. The molecule has 0 saturated heterocycles. The number of hydrogen-bond acceptors (Lipinski definition) is 15. The van der Waals surface area contributed by atoms with Gasteiger partial charge in [0.05, 0.1) is 26.4 Å². The van der Waals surface area contributed by atoms with Crippen LogP contribution < -0.4 is 0 Å². The normalized spacial score (nSPS) is 14.7. The summed E-state index contributed by atoms with van der Waals surface area (Å²) in [5, 5.41) is 10.7. The zero-order valence-electron chi connectivity index (χ0n) is 66.1. The maximum absolute atomic E-state index is 13.1. The molecule has 604 valence electrons. The minimum Gasteiger partial charge on any atom is -0.462 e. The number of rotatable bonds is 75. The lowest BCUT2D eigenvalue weighted by Crippen LogP contribution is -2.30. The molecule has 0 radical (unpaired) electrons. The molecule has 0 bridgehead atoms. The first-order chi connectivity index (χ1) is 51.7. The summed E-state index contributed by atoms with van der Waals surface area (Å²) in [6.45, 7) is 4.42. The third-order valence-corrected chi connectivity index (χ3v) is 18.4. The van der Waals surface area contributed by atoms with Gasteiger partial charge in [-0.3, -0.25) is 37.3 Å². The smallest absolute Gasteiger partial charge is 0.462 e. The topological polar surface area (TPSA) is 237 Å². The number of unbranched alkanes of at least 4 members (excludes halogenated alkanes) is 23. The van der Waals surface area contributed by atoms with E-state index in [1.54, 1.807) is 0 Å². The van der Waals surface area contributed by atoms with Gasteiger partial charge in [0.25, 0.3) is 0 Å². The summed E-state index contributed by atoms with van der Waals surface area (Å²) in [5.74, 6) is -2.27. The molecule has 0 rings (SSSR count). The summed E-state index contributed by atoms with van der Waals surface area (Å²) < 4.78 is 68.6. The van der Waals surface area contributed by atoms with E-state index in [1.165, 1.54) is 19.3 Å². The Morgan fingerprint density at radius 1 is 0.274 bits per heavy atom. The molecular formula is C87H144O17P2. The third-order valence-electron chi connectivity index (χ3n) is 16.5. The highest BCUT2D eigenvalue weighted by Gasteiger charge is 2.30. The van der Waals surface area contributed by atoms with Gasteiger partial charge in [0.15, 0.2) is 12.2 Å². The predicted molar refractivity (Wildman–Crippen MR) is 436 cm³/mol. The van der Waals surface area contributed by atoms with Gasteiger partial charge < -0.3 is 33.8 Å². The number of allylic oxidation sites excluding steroid dienone is 26. The van der Waals surface area contributed by atoms with Gasteiger partial charge in [-0.15, -0.1) is 0 Å². The quantitative estimate of drug-likeness (QED) is 0.0169. The highest BCUT2D eigenvalue weighted by atomic mass is 31.2. The fourth-order valence-electron chi connectivity index (χ4n) is 10.4. The van der Waals surface area contributed by atoms with Gasteiger partial charge in [-0.25, -0.2) is 9.13 Å². The maximum Gasteiger partial charge on any atom is 0.472 e. The zero-order valence-corrected chi connectivity index (χ0v) is 67.8. The highest BCUT2D eigenvalue weighted by Crippen LogP contribution is 2.45. The minimum absolute atomic E-state index is 0.0346. The van der Waals surface area contributed by atoms with E-state index in [1.807, 2.05) is 0 Å². The Kier molecular flexibility index (Phi) is 73.9. The van der Waals surface area contributed by atoms with Crippen LogP contribution in [0.1, 0.15) is 310 Å². The monoisotopic (exact) mass is 1520 g/mol. The van der Waals surface area contributed by atoms with E-state index in [0.29, 0.717) is 32.1 Å². The Bertz CT molecular complexity index is 2630. The molecule has 0 aromatic heterocycles. The van der Waals surface area contributed by atoms with Crippen LogP contribution in [-0.4, -0.2) is 96.7 Å². The molecule has 17 nitrogen and oxygen atoms in total. The molecule has 106 heavy (non-hydrogen) atoms. The average Bonchev–Trinajstić information content (AvgIpc) is 0.902. The first kappa shape index (κ1) is 101. The van der Waals surface area contributed by atoms with Crippen molar-refractivity contribution in [2.45, 2.75) is 329 Å². The fourth-order valence-corrected chi connectivity index (χ4v) is 11.9. The van der Waals surface area contributed by atoms with Crippen molar-refractivity contribution in [1.29, 1.82) is 0 Å². The number of phosphoric ester groups is 2. The van der Waals surface area contributed by atoms with Crippen LogP contribution in [0, 0.1) is 0 Å². The van der Waals surface area contributed by atoms with Crippen molar-refractivity contribution >= 4 is 39.5 Å². The molecule has 5 unspecified atom stereocenters. The molecule has 0 fully saturated rings. The van der Waals surface area contributed by atoms with E-state index in [2.05, 4.69) is 186 Å². The van der Waals surface area contributed by atoms with E-state index in [0.717, 1.165) is 205 Å². The number of hydrogen-bond donors (Lipinski definition) is 3. The van der Waals surface area contributed by atoms with E-state index in [4.69, 9.17) is 37.0 Å². The second kappa shape index (κ2) is 77.8. The van der Waals surface area contributed by atoms with Crippen molar-refractivity contribution in [1.82, 2.24) is 0 Å². The number of aliphatic hydroxyl groups is 1. The van der Waals surface area contributed by atoms with Crippen LogP contribution in [-0.2, 0) is 65.4 Å². The second-order valence-electron chi connectivity index (χ2n) is 26.6. The van der Waals surface area contributed by atoms with Crippen LogP contribution in [0.5, 0.6) is 0 Å². The van der Waals surface area contributed by atoms with Crippen molar-refractivity contribution in [3.63, 3.8) is 0 Å². The van der Waals surface area contributed by atoms with Gasteiger partial charge in [-0.2, -0.15) is 0 Å². The molecular weight excluding hydrogens is 1380 g/mol. The first-order valence-corrected chi connectivity index (χ1v) is 43.7. The molecule has 3 N–H and O–H groups in total.